The third-order valence-electron chi connectivity index (χ3n) is 3.23. The summed E-state index contributed by atoms with van der Waals surface area (Å²) in [6.45, 7) is 11.8. The van der Waals surface area contributed by atoms with Crippen molar-refractivity contribution < 1.29 is 14.3 Å². The summed E-state index contributed by atoms with van der Waals surface area (Å²) in [6.07, 6.45) is 2.17. The van der Waals surface area contributed by atoms with E-state index < -0.39 is 0 Å². The van der Waals surface area contributed by atoms with Crippen LogP contribution in [0.15, 0.2) is 0 Å². The lowest BCUT2D eigenvalue weighted by Gasteiger charge is -2.37. The van der Waals surface area contributed by atoms with Crippen molar-refractivity contribution in [2.75, 3.05) is 19.8 Å². The molecule has 1 aliphatic rings. The van der Waals surface area contributed by atoms with Crippen molar-refractivity contribution in [3.8, 4) is 0 Å². The lowest BCUT2D eigenvalue weighted by molar-refractivity contribution is -0.153. The Hall–Kier alpha value is -0.610. The Morgan fingerprint density at radius 2 is 2.00 bits per heavy atom. The third kappa shape index (κ3) is 4.94. The monoisotopic (exact) mass is 257 g/mol. The van der Waals surface area contributed by atoms with E-state index in [1.165, 1.54) is 0 Å². The Labute approximate surface area is 110 Å². The number of nitrogens with one attached hydrogen (secondary N) is 1. The van der Waals surface area contributed by atoms with E-state index in [9.17, 15) is 4.79 Å². The molecule has 1 rings (SSSR count). The minimum atomic E-state index is -0.194. The van der Waals surface area contributed by atoms with Gasteiger partial charge in [0, 0.05) is 0 Å². The summed E-state index contributed by atoms with van der Waals surface area (Å²) in [6, 6.07) is -0.194. The smallest absolute Gasteiger partial charge is 0.323 e. The van der Waals surface area contributed by atoms with Crippen LogP contribution >= 0.6 is 0 Å². The Kier molecular flexibility index (Phi) is 5.17. The maximum absolute atomic E-state index is 12.0. The van der Waals surface area contributed by atoms with Crippen molar-refractivity contribution in [2.24, 2.45) is 5.41 Å². The number of ether oxygens (including phenoxy) is 2. The van der Waals surface area contributed by atoms with Crippen molar-refractivity contribution in [1.82, 2.24) is 5.32 Å². The molecule has 106 valence electrons. The van der Waals surface area contributed by atoms with Crippen LogP contribution < -0.4 is 5.32 Å². The van der Waals surface area contributed by atoms with Crippen LogP contribution in [0.3, 0.4) is 0 Å². The second-order valence-electron chi connectivity index (χ2n) is 6.61. The highest BCUT2D eigenvalue weighted by Crippen LogP contribution is 2.30. The molecular weight excluding hydrogens is 230 g/mol. The molecular formula is C14H27NO3. The minimum absolute atomic E-state index is 0.0276. The first-order chi connectivity index (χ1) is 8.22. The van der Waals surface area contributed by atoms with Gasteiger partial charge >= 0.3 is 5.97 Å². The first kappa shape index (κ1) is 15.4. The molecule has 1 atom stereocenters. The van der Waals surface area contributed by atoms with Crippen molar-refractivity contribution in [3.63, 3.8) is 0 Å². The van der Waals surface area contributed by atoms with Crippen molar-refractivity contribution >= 4 is 5.97 Å². The number of rotatable bonds is 4. The first-order valence-corrected chi connectivity index (χ1v) is 6.76. The van der Waals surface area contributed by atoms with Gasteiger partial charge in [-0.2, -0.15) is 0 Å². The van der Waals surface area contributed by atoms with Crippen molar-refractivity contribution in [3.05, 3.63) is 0 Å². The summed E-state index contributed by atoms with van der Waals surface area (Å²) in [7, 11) is 0. The van der Waals surface area contributed by atoms with E-state index in [0.29, 0.717) is 13.2 Å². The normalized spacial score (nSPS) is 23.7. The molecule has 1 aliphatic heterocycles. The van der Waals surface area contributed by atoms with E-state index in [1.807, 2.05) is 20.8 Å². The highest BCUT2D eigenvalue weighted by atomic mass is 16.6. The zero-order chi connectivity index (χ0) is 13.8. The Balaban J connectivity index is 2.32. The molecule has 0 aromatic carbocycles. The van der Waals surface area contributed by atoms with Crippen LogP contribution in [0.4, 0.5) is 0 Å². The van der Waals surface area contributed by atoms with Crippen LogP contribution in [-0.4, -0.2) is 37.4 Å². The average molecular weight is 257 g/mol. The topological polar surface area (TPSA) is 47.6 Å². The zero-order valence-corrected chi connectivity index (χ0v) is 12.3. The second-order valence-corrected chi connectivity index (χ2v) is 6.61. The van der Waals surface area contributed by atoms with Gasteiger partial charge in [-0.05, 0) is 45.6 Å². The second kappa shape index (κ2) is 6.02. The SMILES string of the molecule is CC(C)(C)OCCOC(=O)C1NCCCC1(C)C. The lowest BCUT2D eigenvalue weighted by atomic mass is 9.77. The van der Waals surface area contributed by atoms with Crippen LogP contribution in [0.25, 0.3) is 0 Å². The van der Waals surface area contributed by atoms with E-state index >= 15 is 0 Å². The summed E-state index contributed by atoms with van der Waals surface area (Å²) in [5, 5.41) is 3.25. The number of carbonyl (C=O) groups is 1. The van der Waals surface area contributed by atoms with Crippen LogP contribution in [0.2, 0.25) is 0 Å². The predicted octanol–water partition coefficient (Wildman–Crippen LogP) is 2.12. The van der Waals surface area contributed by atoms with Crippen molar-refractivity contribution in [1.29, 1.82) is 0 Å². The summed E-state index contributed by atoms with van der Waals surface area (Å²) in [5.74, 6) is -0.155. The molecule has 0 aromatic heterocycles. The molecule has 1 N–H and O–H groups in total. The molecule has 18 heavy (non-hydrogen) atoms. The van der Waals surface area contributed by atoms with Crippen LogP contribution in [-0.2, 0) is 14.3 Å². The Morgan fingerprint density at radius 3 is 2.56 bits per heavy atom. The van der Waals surface area contributed by atoms with E-state index in [0.717, 1.165) is 19.4 Å². The maximum Gasteiger partial charge on any atom is 0.323 e. The highest BCUT2D eigenvalue weighted by molar-refractivity contribution is 5.77. The molecule has 0 radical (unpaired) electrons. The Morgan fingerprint density at radius 1 is 1.33 bits per heavy atom. The zero-order valence-electron chi connectivity index (χ0n) is 12.3. The summed E-state index contributed by atoms with van der Waals surface area (Å²) in [5.41, 5.74) is -0.213. The molecule has 4 heteroatoms. The number of esters is 1. The highest BCUT2D eigenvalue weighted by Gasteiger charge is 2.38. The molecule has 0 bridgehead atoms. The van der Waals surface area contributed by atoms with Gasteiger partial charge in [-0.25, -0.2) is 0 Å². The van der Waals surface area contributed by atoms with Crippen LogP contribution in [0.5, 0.6) is 0 Å². The largest absolute Gasteiger partial charge is 0.462 e. The fourth-order valence-electron chi connectivity index (χ4n) is 2.19. The average Bonchev–Trinajstić information content (AvgIpc) is 2.22. The van der Waals surface area contributed by atoms with E-state index in [1.54, 1.807) is 0 Å². The van der Waals surface area contributed by atoms with Crippen LogP contribution in [0.1, 0.15) is 47.5 Å². The number of piperidine rings is 1. The number of carbonyl (C=O) groups excluding carboxylic acids is 1. The van der Waals surface area contributed by atoms with Gasteiger partial charge in [-0.15, -0.1) is 0 Å². The molecule has 1 heterocycles. The van der Waals surface area contributed by atoms with Gasteiger partial charge in [0.2, 0.25) is 0 Å². The van der Waals surface area contributed by atoms with Gasteiger partial charge in [-0.3, -0.25) is 4.79 Å². The molecule has 1 unspecified atom stereocenters. The maximum atomic E-state index is 12.0. The standard InChI is InChI=1S/C14H27NO3/c1-13(2,3)18-10-9-17-12(16)11-14(4,5)7-6-8-15-11/h11,15H,6-10H2,1-5H3. The molecule has 0 saturated carbocycles. The molecule has 1 saturated heterocycles. The van der Waals surface area contributed by atoms with Gasteiger partial charge < -0.3 is 14.8 Å². The molecule has 0 aromatic rings. The van der Waals surface area contributed by atoms with Gasteiger partial charge in [-0.1, -0.05) is 13.8 Å². The minimum Gasteiger partial charge on any atom is -0.462 e. The molecule has 4 nitrogen and oxygen atoms in total. The third-order valence-corrected chi connectivity index (χ3v) is 3.23. The summed E-state index contributed by atoms with van der Waals surface area (Å²) >= 11 is 0. The molecule has 0 aliphatic carbocycles. The van der Waals surface area contributed by atoms with Gasteiger partial charge in [0.25, 0.3) is 0 Å². The van der Waals surface area contributed by atoms with Crippen molar-refractivity contribution in [2.45, 2.75) is 59.1 Å². The number of hydrogen-bond donors (Lipinski definition) is 1. The fraction of sp³-hybridized carbons (Fsp3) is 0.929. The van der Waals surface area contributed by atoms with E-state index in [-0.39, 0.29) is 23.0 Å². The quantitative estimate of drug-likeness (QED) is 0.619. The first-order valence-electron chi connectivity index (χ1n) is 6.76. The molecule has 0 spiro atoms. The van der Waals surface area contributed by atoms with Gasteiger partial charge in [0.1, 0.15) is 12.6 Å². The van der Waals surface area contributed by atoms with Gasteiger partial charge in [0.05, 0.1) is 12.2 Å². The molecule has 1 fully saturated rings. The molecule has 0 amide bonds. The predicted molar refractivity (Wildman–Crippen MR) is 71.5 cm³/mol. The summed E-state index contributed by atoms with van der Waals surface area (Å²) in [4.78, 5) is 12.0. The number of hydrogen-bond acceptors (Lipinski definition) is 4. The van der Waals surface area contributed by atoms with Crippen LogP contribution in [0, 0.1) is 5.41 Å². The Bertz CT molecular complexity index is 281. The van der Waals surface area contributed by atoms with E-state index in [2.05, 4.69) is 19.2 Å². The van der Waals surface area contributed by atoms with Gasteiger partial charge in [0.15, 0.2) is 0 Å². The lowest BCUT2D eigenvalue weighted by Crippen LogP contribution is -2.52. The van der Waals surface area contributed by atoms with E-state index in [4.69, 9.17) is 9.47 Å². The fourth-order valence-corrected chi connectivity index (χ4v) is 2.19. The summed E-state index contributed by atoms with van der Waals surface area (Å²) < 4.78 is 10.8.